The van der Waals surface area contributed by atoms with E-state index in [9.17, 15) is 0 Å². The predicted octanol–water partition coefficient (Wildman–Crippen LogP) is 4.88. The smallest absolute Gasteiger partial charge is 0.226 e. The molecule has 142 valence electrons. The molecular weight excluding hydrogens is 336 g/mol. The molecule has 0 bridgehead atoms. The Morgan fingerprint density at radius 1 is 1.00 bits per heavy atom. The quantitative estimate of drug-likeness (QED) is 0.584. The van der Waals surface area contributed by atoms with Crippen LogP contribution in [0.1, 0.15) is 45.1 Å². The fraction of sp³-hybridized carbons (Fsp3) is 0.429. The number of hydrogen-bond donors (Lipinski definition) is 1. The van der Waals surface area contributed by atoms with Crippen molar-refractivity contribution < 1.29 is 0 Å². The molecule has 2 heterocycles. The number of nitrogens with one attached hydrogen (secondary N) is 1. The van der Waals surface area contributed by atoms with Crippen LogP contribution < -0.4 is 10.2 Å². The minimum Gasteiger partial charge on any atom is -0.341 e. The summed E-state index contributed by atoms with van der Waals surface area (Å²) < 4.78 is 0. The summed E-state index contributed by atoms with van der Waals surface area (Å²) in [7, 11) is 0. The minimum atomic E-state index is 0.709. The van der Waals surface area contributed by atoms with Gasteiger partial charge in [0.05, 0.1) is 6.20 Å². The first-order valence-electron chi connectivity index (χ1n) is 9.77. The predicted molar refractivity (Wildman–Crippen MR) is 112 cm³/mol. The summed E-state index contributed by atoms with van der Waals surface area (Å²) in [6, 6.07) is 8.21. The van der Waals surface area contributed by atoms with Crippen LogP contribution in [0.3, 0.4) is 0 Å². The summed E-state index contributed by atoms with van der Waals surface area (Å²) in [5, 5.41) is 3.38. The summed E-state index contributed by atoms with van der Waals surface area (Å²) in [6.07, 6.45) is 7.91. The van der Waals surface area contributed by atoms with Crippen molar-refractivity contribution in [3.05, 3.63) is 42.4 Å². The van der Waals surface area contributed by atoms with Gasteiger partial charge in [-0.25, -0.2) is 19.9 Å². The van der Waals surface area contributed by atoms with E-state index >= 15 is 0 Å². The van der Waals surface area contributed by atoms with Gasteiger partial charge in [-0.1, -0.05) is 38.8 Å². The lowest BCUT2D eigenvalue weighted by atomic mass is 10.2. The molecule has 0 aliphatic rings. The Kier molecular flexibility index (Phi) is 6.52. The summed E-state index contributed by atoms with van der Waals surface area (Å²) in [5.41, 5.74) is 3.68. The Morgan fingerprint density at radius 3 is 2.48 bits per heavy atom. The van der Waals surface area contributed by atoms with Gasteiger partial charge in [-0.05, 0) is 37.5 Å². The van der Waals surface area contributed by atoms with Gasteiger partial charge >= 0.3 is 0 Å². The van der Waals surface area contributed by atoms with Gasteiger partial charge in [0.15, 0.2) is 5.82 Å². The van der Waals surface area contributed by atoms with Gasteiger partial charge < -0.3 is 10.2 Å². The fourth-order valence-electron chi connectivity index (χ4n) is 2.96. The van der Waals surface area contributed by atoms with Crippen molar-refractivity contribution in [2.45, 2.75) is 46.5 Å². The zero-order chi connectivity index (χ0) is 19.1. The molecule has 0 radical (unpaired) electrons. The number of aryl methyl sites for hydroxylation is 1. The maximum absolute atomic E-state index is 4.83. The lowest BCUT2D eigenvalue weighted by molar-refractivity contribution is 0.664. The molecule has 2 aromatic heterocycles. The molecule has 1 aromatic carbocycles. The number of nitrogens with zero attached hydrogens (tertiary/aromatic N) is 5. The third-order valence-corrected chi connectivity index (χ3v) is 4.49. The highest BCUT2D eigenvalue weighted by molar-refractivity contribution is 5.87. The first-order chi connectivity index (χ1) is 13.2. The van der Waals surface area contributed by atoms with Crippen LogP contribution in [0, 0.1) is 6.92 Å². The highest BCUT2D eigenvalue weighted by atomic mass is 15.3. The summed E-state index contributed by atoms with van der Waals surface area (Å²) in [6.45, 7) is 8.42. The average molecular weight is 364 g/mol. The molecule has 6 heteroatoms. The van der Waals surface area contributed by atoms with E-state index in [-0.39, 0.29) is 0 Å². The molecule has 27 heavy (non-hydrogen) atoms. The molecule has 0 spiro atoms. The van der Waals surface area contributed by atoms with Crippen molar-refractivity contribution in [1.29, 1.82) is 0 Å². The second-order valence-corrected chi connectivity index (χ2v) is 6.81. The minimum absolute atomic E-state index is 0.709. The lowest BCUT2D eigenvalue weighted by Crippen LogP contribution is -2.27. The Hall–Kier alpha value is -2.76. The molecule has 0 fully saturated rings. The van der Waals surface area contributed by atoms with Crippen LogP contribution in [0.4, 0.5) is 17.5 Å². The van der Waals surface area contributed by atoms with Gasteiger partial charge in [0, 0.05) is 18.8 Å². The fourth-order valence-corrected chi connectivity index (χ4v) is 2.96. The van der Waals surface area contributed by atoms with Gasteiger partial charge in [-0.15, -0.1) is 0 Å². The lowest BCUT2D eigenvalue weighted by Gasteiger charge is -2.22. The van der Waals surface area contributed by atoms with E-state index in [1.807, 2.05) is 12.1 Å². The van der Waals surface area contributed by atoms with Crippen molar-refractivity contribution in [3.8, 4) is 0 Å². The molecular formula is C21H28N6. The van der Waals surface area contributed by atoms with E-state index in [0.29, 0.717) is 5.82 Å². The first kappa shape index (κ1) is 19.0. The molecule has 0 atom stereocenters. The van der Waals surface area contributed by atoms with Crippen LogP contribution in [-0.4, -0.2) is 33.0 Å². The maximum atomic E-state index is 4.83. The number of rotatable bonds is 9. The van der Waals surface area contributed by atoms with E-state index in [1.54, 1.807) is 12.5 Å². The van der Waals surface area contributed by atoms with Crippen molar-refractivity contribution in [1.82, 2.24) is 19.9 Å². The van der Waals surface area contributed by atoms with Crippen molar-refractivity contribution in [3.63, 3.8) is 0 Å². The van der Waals surface area contributed by atoms with Crippen LogP contribution >= 0.6 is 0 Å². The molecule has 0 unspecified atom stereocenters. The largest absolute Gasteiger partial charge is 0.341 e. The van der Waals surface area contributed by atoms with Crippen LogP contribution in [-0.2, 0) is 0 Å². The Bertz CT molecular complexity index is 871. The standard InChI is InChI=1S/C21H28N6/c1-4-6-11-27(12-7-5-2)21-22-14-18-19(26-21)20(24-15-23-18)25-17-10-8-9-16(3)13-17/h8-10,13-15H,4-7,11-12H2,1-3H3,(H,23,24,25). The second-order valence-electron chi connectivity index (χ2n) is 6.81. The van der Waals surface area contributed by atoms with Gasteiger partial charge in [0.25, 0.3) is 0 Å². The van der Waals surface area contributed by atoms with Gasteiger partial charge in [0.2, 0.25) is 5.95 Å². The zero-order valence-corrected chi connectivity index (χ0v) is 16.4. The summed E-state index contributed by atoms with van der Waals surface area (Å²) in [5.74, 6) is 1.46. The zero-order valence-electron chi connectivity index (χ0n) is 16.4. The number of unbranched alkanes of at least 4 members (excludes halogenated alkanes) is 2. The first-order valence-corrected chi connectivity index (χ1v) is 9.77. The number of fused-ring (bicyclic) bond motifs is 1. The van der Waals surface area contributed by atoms with Crippen LogP contribution in [0.25, 0.3) is 11.0 Å². The molecule has 3 rings (SSSR count). The summed E-state index contributed by atoms with van der Waals surface area (Å²) >= 11 is 0. The van der Waals surface area contributed by atoms with Crippen molar-refractivity contribution >= 4 is 28.5 Å². The van der Waals surface area contributed by atoms with E-state index in [4.69, 9.17) is 4.98 Å². The maximum Gasteiger partial charge on any atom is 0.226 e. The number of anilines is 3. The third-order valence-electron chi connectivity index (χ3n) is 4.49. The van der Waals surface area contributed by atoms with Gasteiger partial charge in [-0.3, -0.25) is 0 Å². The summed E-state index contributed by atoms with van der Waals surface area (Å²) in [4.78, 5) is 20.4. The second kappa shape index (κ2) is 9.26. The molecule has 0 aliphatic carbocycles. The van der Waals surface area contributed by atoms with Crippen LogP contribution in [0.2, 0.25) is 0 Å². The Morgan fingerprint density at radius 2 is 1.78 bits per heavy atom. The molecule has 6 nitrogen and oxygen atoms in total. The highest BCUT2D eigenvalue weighted by Gasteiger charge is 2.13. The normalized spacial score (nSPS) is 10.9. The Labute approximate surface area is 161 Å². The van der Waals surface area contributed by atoms with E-state index in [0.717, 1.165) is 61.4 Å². The van der Waals surface area contributed by atoms with Crippen molar-refractivity contribution in [2.75, 3.05) is 23.3 Å². The molecule has 0 amide bonds. The van der Waals surface area contributed by atoms with E-state index < -0.39 is 0 Å². The SMILES string of the molecule is CCCCN(CCCC)c1ncc2ncnc(Nc3cccc(C)c3)c2n1. The van der Waals surface area contributed by atoms with Crippen LogP contribution in [0.15, 0.2) is 36.8 Å². The highest BCUT2D eigenvalue weighted by Crippen LogP contribution is 2.23. The topological polar surface area (TPSA) is 66.8 Å². The molecule has 0 saturated carbocycles. The van der Waals surface area contributed by atoms with E-state index in [2.05, 4.69) is 58.1 Å². The van der Waals surface area contributed by atoms with Gasteiger partial charge in [-0.2, -0.15) is 0 Å². The van der Waals surface area contributed by atoms with Crippen molar-refractivity contribution in [2.24, 2.45) is 0 Å². The Balaban J connectivity index is 1.94. The molecule has 0 saturated heterocycles. The molecule has 3 aromatic rings. The van der Waals surface area contributed by atoms with Gasteiger partial charge in [0.1, 0.15) is 17.4 Å². The molecule has 0 aliphatic heterocycles. The third kappa shape index (κ3) is 4.90. The number of aromatic nitrogens is 4. The molecule has 1 N–H and O–H groups in total. The monoisotopic (exact) mass is 364 g/mol. The number of hydrogen-bond acceptors (Lipinski definition) is 6. The van der Waals surface area contributed by atoms with E-state index in [1.165, 1.54) is 5.56 Å². The average Bonchev–Trinajstić information content (AvgIpc) is 2.68. The van der Waals surface area contributed by atoms with Crippen LogP contribution in [0.5, 0.6) is 0 Å². The number of benzene rings is 1.